The van der Waals surface area contributed by atoms with E-state index in [0.29, 0.717) is 17.7 Å². The summed E-state index contributed by atoms with van der Waals surface area (Å²) in [6, 6.07) is 4.01. The van der Waals surface area contributed by atoms with Crippen molar-refractivity contribution >= 4 is 121 Å². The summed E-state index contributed by atoms with van der Waals surface area (Å²) in [5, 5.41) is 49.8. The van der Waals surface area contributed by atoms with Gasteiger partial charge in [-0.25, -0.2) is 0 Å². The number of ether oxygens (including phenoxy) is 1. The lowest BCUT2D eigenvalue weighted by atomic mass is 9.83. The van der Waals surface area contributed by atoms with Crippen molar-refractivity contribution in [3.8, 4) is 5.75 Å². The third kappa shape index (κ3) is 19.7. The zero-order chi connectivity index (χ0) is 71.3. The molecule has 30 nitrogen and oxygen atoms in total. The van der Waals surface area contributed by atoms with Crippen LogP contribution in [0.1, 0.15) is 104 Å². The van der Waals surface area contributed by atoms with Gasteiger partial charge >= 0.3 is 0 Å². The van der Waals surface area contributed by atoms with Gasteiger partial charge in [-0.15, -0.1) is 0 Å². The Balaban J connectivity index is 1.18. The van der Waals surface area contributed by atoms with E-state index in [0.717, 1.165) is 9.80 Å². The topological polar surface area (TPSA) is 458 Å². The van der Waals surface area contributed by atoms with Crippen LogP contribution in [0.25, 0.3) is 10.9 Å². The molecule has 2 aromatic carbocycles. The predicted molar refractivity (Wildman–Crippen MR) is 351 cm³/mol. The molecule has 11 amide bonds. The Labute approximate surface area is 566 Å². The van der Waals surface area contributed by atoms with E-state index in [4.69, 9.17) is 10.5 Å². The molecule has 2 saturated heterocycles. The number of fused-ring (bicyclic) bond motifs is 5. The molecule has 0 spiro atoms. The van der Waals surface area contributed by atoms with Crippen LogP contribution in [0.2, 0.25) is 0 Å². The fourth-order valence-electron chi connectivity index (χ4n) is 12.1. The molecule has 4 aliphatic rings. The van der Waals surface area contributed by atoms with Crippen molar-refractivity contribution < 1.29 is 91.4 Å². The summed E-state index contributed by atoms with van der Waals surface area (Å²) in [5.74, 6) is -17.3. The van der Waals surface area contributed by atoms with Crippen LogP contribution < -0.4 is 47.7 Å². The standard InChI is InChI=1S/C65H87N11O19S2/c1-8-32(4)58-62(91)68-25-54(85)70-45-30-97(94)63-42(22-44(61(90)67-26-55(86)74-58)71-60(89)41(34(6)50(82)28-77)23-48(80)46-20-38(78)27-76(46)64(92)36(18-47(45)79)19-52(66)83)40-14-13-39(21-43(40)72-63)95-29-35-9-11-37(12-10-35)69-59(88)33(5)17-49(81)57(31(2)3)73-53(84)15-16-75-56(87)24-51(96-7)65(75)93/h9-14,21,31-34,36,38,41,44-46,50-51,57-58,72,77-78,82H,8,15-20,22-30H2,1-7H3,(H2,66,83)(H,67,90)(H,68,91)(H,69,88)(H,70,85)(H,71,89)(H,73,84)(H,74,86)/t32-,33+,34+,36-,38+,41-,44-,45-,46-,50-,51?,57-,58-,97?/m0/s1. The fourth-order valence-corrected chi connectivity index (χ4v) is 14.2. The van der Waals surface area contributed by atoms with Crippen LogP contribution in [0, 0.1) is 35.5 Å². The van der Waals surface area contributed by atoms with Gasteiger partial charge < -0.3 is 72.9 Å². The maximum atomic E-state index is 15.2. The Morgan fingerprint density at radius 1 is 0.825 bits per heavy atom. The zero-order valence-corrected chi connectivity index (χ0v) is 56.7. The van der Waals surface area contributed by atoms with E-state index >= 15 is 4.21 Å². The number of primary amides is 1. The number of nitrogens with zero attached hydrogens (tertiary/aromatic N) is 2. The predicted octanol–water partition coefficient (Wildman–Crippen LogP) is -1.31. The third-order valence-electron chi connectivity index (χ3n) is 18.1. The van der Waals surface area contributed by atoms with Crippen molar-refractivity contribution in [3.63, 3.8) is 0 Å². The minimum Gasteiger partial charge on any atom is -0.489 e. The number of amides is 11. The van der Waals surface area contributed by atoms with E-state index in [1.807, 2.05) is 0 Å². The number of benzene rings is 2. The molecule has 2 bridgehead atoms. The summed E-state index contributed by atoms with van der Waals surface area (Å²) in [7, 11) is -2.43. The van der Waals surface area contributed by atoms with Crippen molar-refractivity contribution in [3.05, 3.63) is 53.6 Å². The Bertz CT molecular complexity index is 3550. The molecular formula is C65H87N11O19S2. The van der Waals surface area contributed by atoms with Gasteiger partial charge in [-0.05, 0) is 59.4 Å². The Morgan fingerprint density at radius 2 is 1.51 bits per heavy atom. The van der Waals surface area contributed by atoms with Crippen molar-refractivity contribution in [1.29, 1.82) is 0 Å². The Hall–Kier alpha value is -8.46. The first-order chi connectivity index (χ1) is 45.9. The molecule has 4 aliphatic heterocycles. The number of aromatic amines is 1. The number of anilines is 1. The molecule has 528 valence electrons. The molecule has 0 saturated carbocycles. The monoisotopic (exact) mass is 1390 g/mol. The molecule has 7 rings (SSSR count). The maximum Gasteiger partial charge on any atom is 0.243 e. The van der Waals surface area contributed by atoms with Gasteiger partial charge in [0.1, 0.15) is 29.5 Å². The average Bonchev–Trinajstić information content (AvgIpc) is 1.69. The minimum atomic E-state index is -2.43. The number of ketones is 3. The van der Waals surface area contributed by atoms with Gasteiger partial charge in [0, 0.05) is 93.4 Å². The summed E-state index contributed by atoms with van der Waals surface area (Å²) >= 11 is 1.26. The second kappa shape index (κ2) is 34.2. The van der Waals surface area contributed by atoms with Crippen LogP contribution in [0.3, 0.4) is 0 Å². The number of aliphatic hydroxyl groups excluding tert-OH is 3. The highest BCUT2D eigenvalue weighted by Crippen LogP contribution is 2.33. The highest BCUT2D eigenvalue weighted by molar-refractivity contribution is 8.00. The lowest BCUT2D eigenvalue weighted by Gasteiger charge is -2.31. The maximum absolute atomic E-state index is 15.2. The summed E-state index contributed by atoms with van der Waals surface area (Å²) in [6.45, 7) is 6.70. The van der Waals surface area contributed by atoms with Gasteiger partial charge in [0.2, 0.25) is 65.0 Å². The first-order valence-electron chi connectivity index (χ1n) is 32.2. The zero-order valence-electron chi connectivity index (χ0n) is 55.1. The van der Waals surface area contributed by atoms with Gasteiger partial charge in [-0.2, -0.15) is 11.8 Å². The lowest BCUT2D eigenvalue weighted by Crippen LogP contribution is -2.56. The van der Waals surface area contributed by atoms with Crippen LogP contribution in [-0.4, -0.2) is 209 Å². The fraction of sp³-hybridized carbons (Fsp3) is 0.569. The molecule has 13 N–H and O–H groups in total. The van der Waals surface area contributed by atoms with Gasteiger partial charge in [-0.1, -0.05) is 60.1 Å². The van der Waals surface area contributed by atoms with Gasteiger partial charge in [0.15, 0.2) is 17.3 Å². The quantitative estimate of drug-likeness (QED) is 0.0551. The van der Waals surface area contributed by atoms with Crippen LogP contribution in [0.4, 0.5) is 5.69 Å². The number of nitrogens with one attached hydrogen (secondary N) is 8. The first kappa shape index (κ1) is 75.9. The second-order valence-corrected chi connectivity index (χ2v) is 28.1. The van der Waals surface area contributed by atoms with Crippen molar-refractivity contribution in [2.75, 3.05) is 50.1 Å². The number of thioether (sulfide) groups is 1. The molecule has 32 heteroatoms. The van der Waals surface area contributed by atoms with Crippen LogP contribution in [-0.2, 0) is 91.0 Å². The molecule has 2 unspecified atom stereocenters. The molecule has 2 fully saturated rings. The number of likely N-dealkylation sites (tertiary alicyclic amines) is 1. The van der Waals surface area contributed by atoms with Crippen LogP contribution in [0.15, 0.2) is 47.5 Å². The van der Waals surface area contributed by atoms with E-state index in [1.165, 1.54) is 24.8 Å². The number of hydrogen-bond donors (Lipinski definition) is 12. The minimum absolute atomic E-state index is 0.0565. The number of aromatic nitrogens is 1. The SMILES string of the molecule is CC[C@H](C)[C@@H]1NC(=O)CNC(=O)[C@@H]2Cc3c([nH]c4cc(OCc5ccc(NC(=O)[C@H](C)CC(=O)[C@@H](NC(=O)CCN6C(=O)CC(SC)C6=O)C(C)C)cc5)ccc34)S(=O)C[C@H](NC(=O)CNC1=O)C(=O)C[C@@H](CC(N)=O)C(=O)N1C[C@H](O)C[C@H]1C(=O)C[C@@H]([C@@H](C)[C@@H](O)CO)C(=O)N2. The molecule has 3 aromatic rings. The molecule has 0 aliphatic carbocycles. The molecular weight excluding hydrogens is 1300 g/mol. The number of imide groups is 1. The summed E-state index contributed by atoms with van der Waals surface area (Å²) in [6.07, 6.45) is -4.52. The average molecular weight is 1390 g/mol. The molecule has 1 aromatic heterocycles. The van der Waals surface area contributed by atoms with Crippen molar-refractivity contribution in [1.82, 2.24) is 46.7 Å². The number of carbonyl (C=O) groups is 14. The third-order valence-corrected chi connectivity index (χ3v) is 20.5. The van der Waals surface area contributed by atoms with E-state index < -0.39 is 210 Å². The Morgan fingerprint density at radius 3 is 2.14 bits per heavy atom. The van der Waals surface area contributed by atoms with E-state index in [1.54, 1.807) is 77.3 Å². The first-order valence-corrected chi connectivity index (χ1v) is 34.8. The van der Waals surface area contributed by atoms with E-state index in [2.05, 4.69) is 42.2 Å². The number of Topliss-reactive ketones (excluding diaryl/α,β-unsaturated/α-hetero) is 3. The summed E-state index contributed by atoms with van der Waals surface area (Å²) < 4.78 is 21.4. The van der Waals surface area contributed by atoms with Gasteiger partial charge in [-0.3, -0.25) is 76.2 Å². The van der Waals surface area contributed by atoms with Crippen LogP contribution in [0.5, 0.6) is 5.75 Å². The summed E-state index contributed by atoms with van der Waals surface area (Å²) in [5.41, 5.74) is 6.95. The molecule has 5 heterocycles. The molecule has 0 radical (unpaired) electrons. The highest BCUT2D eigenvalue weighted by atomic mass is 32.2. The smallest absolute Gasteiger partial charge is 0.243 e. The second-order valence-electron chi connectivity index (χ2n) is 25.6. The molecule has 97 heavy (non-hydrogen) atoms. The number of hydrogen-bond acceptors (Lipinski definition) is 20. The van der Waals surface area contributed by atoms with Gasteiger partial charge in [0.25, 0.3) is 0 Å². The number of nitrogens with two attached hydrogens (primary N) is 1. The van der Waals surface area contributed by atoms with Crippen molar-refractivity contribution in [2.45, 2.75) is 159 Å². The number of carbonyl (C=O) groups excluding carboxylic acids is 14. The van der Waals surface area contributed by atoms with E-state index in [-0.39, 0.29) is 89.6 Å². The number of aliphatic hydroxyl groups is 3. The number of H-pyrrole nitrogens is 1. The summed E-state index contributed by atoms with van der Waals surface area (Å²) in [4.78, 5) is 197. The van der Waals surface area contributed by atoms with Gasteiger partial charge in [0.05, 0.1) is 83.3 Å². The number of rotatable bonds is 21. The largest absolute Gasteiger partial charge is 0.489 e. The lowest BCUT2D eigenvalue weighted by molar-refractivity contribution is -0.145. The normalized spacial score (nSPS) is 25.2. The Kier molecular flexibility index (Phi) is 26.7. The highest BCUT2D eigenvalue weighted by Gasteiger charge is 2.46. The van der Waals surface area contributed by atoms with Crippen molar-refractivity contribution in [2.24, 2.45) is 41.2 Å². The van der Waals surface area contributed by atoms with E-state index in [9.17, 15) is 82.4 Å². The van der Waals surface area contributed by atoms with Crippen LogP contribution >= 0.6 is 11.8 Å². The molecule has 14 atom stereocenters.